The normalized spacial score (nSPS) is 10.1. The number of halogens is 1. The fourth-order valence-corrected chi connectivity index (χ4v) is 1.73. The zero-order chi connectivity index (χ0) is 13.2. The second-order valence-corrected chi connectivity index (χ2v) is 4.49. The maximum Gasteiger partial charge on any atom is 0.305 e. The summed E-state index contributed by atoms with van der Waals surface area (Å²) in [5.74, 6) is -0.0943. The highest BCUT2D eigenvalue weighted by Crippen LogP contribution is 2.13. The highest BCUT2D eigenvalue weighted by Gasteiger charge is 2.00. The van der Waals surface area contributed by atoms with Gasteiger partial charge < -0.3 is 10.1 Å². The Balaban J connectivity index is 2.02. The van der Waals surface area contributed by atoms with E-state index in [0.717, 1.165) is 36.5 Å². The van der Waals surface area contributed by atoms with Gasteiger partial charge in [-0.05, 0) is 44.0 Å². The van der Waals surface area contributed by atoms with Crippen molar-refractivity contribution in [1.82, 2.24) is 0 Å². The van der Waals surface area contributed by atoms with E-state index in [1.54, 1.807) is 0 Å². The minimum absolute atomic E-state index is 0.0943. The lowest BCUT2D eigenvalue weighted by Crippen LogP contribution is -2.04. The first kappa shape index (κ1) is 14.8. The molecule has 0 bridgehead atoms. The third kappa shape index (κ3) is 6.50. The maximum atomic E-state index is 11.1. The molecule has 0 aliphatic rings. The lowest BCUT2D eigenvalue weighted by molar-refractivity contribution is -0.143. The van der Waals surface area contributed by atoms with E-state index in [1.807, 2.05) is 31.2 Å². The van der Waals surface area contributed by atoms with Gasteiger partial charge >= 0.3 is 5.97 Å². The number of hydrogen-bond acceptors (Lipinski definition) is 3. The highest BCUT2D eigenvalue weighted by atomic mass is 35.5. The van der Waals surface area contributed by atoms with Crippen molar-refractivity contribution >= 4 is 23.3 Å². The van der Waals surface area contributed by atoms with E-state index in [0.29, 0.717) is 13.0 Å². The Labute approximate surface area is 113 Å². The van der Waals surface area contributed by atoms with Crippen molar-refractivity contribution in [1.29, 1.82) is 0 Å². The molecule has 4 heteroatoms. The van der Waals surface area contributed by atoms with Gasteiger partial charge in [0.15, 0.2) is 0 Å². The van der Waals surface area contributed by atoms with Crippen molar-refractivity contribution in [3.63, 3.8) is 0 Å². The van der Waals surface area contributed by atoms with Crippen LogP contribution in [0.3, 0.4) is 0 Å². The quantitative estimate of drug-likeness (QED) is 0.575. The Morgan fingerprint density at radius 1 is 1.22 bits per heavy atom. The van der Waals surface area contributed by atoms with Crippen LogP contribution in [-0.4, -0.2) is 19.1 Å². The van der Waals surface area contributed by atoms with Gasteiger partial charge in [-0.1, -0.05) is 18.0 Å². The number of anilines is 1. The van der Waals surface area contributed by atoms with E-state index in [9.17, 15) is 4.79 Å². The molecule has 0 aliphatic heterocycles. The first-order chi connectivity index (χ1) is 8.72. The third-order valence-corrected chi connectivity index (χ3v) is 2.79. The molecule has 0 saturated heterocycles. The first-order valence-electron chi connectivity index (χ1n) is 6.37. The van der Waals surface area contributed by atoms with E-state index in [4.69, 9.17) is 16.3 Å². The highest BCUT2D eigenvalue weighted by molar-refractivity contribution is 6.30. The molecule has 18 heavy (non-hydrogen) atoms. The fourth-order valence-electron chi connectivity index (χ4n) is 1.60. The lowest BCUT2D eigenvalue weighted by Gasteiger charge is -2.06. The standard InChI is InChI=1S/C14H20ClNO2/c1-2-18-14(17)6-4-3-5-11-16-13-9-7-12(15)8-10-13/h7-10,16H,2-6,11H2,1H3. The number of rotatable bonds is 8. The molecule has 1 N–H and O–H groups in total. The number of nitrogens with one attached hydrogen (secondary N) is 1. The van der Waals surface area contributed by atoms with Gasteiger partial charge in [0, 0.05) is 23.7 Å². The molecule has 3 nitrogen and oxygen atoms in total. The summed E-state index contributed by atoms with van der Waals surface area (Å²) in [5.41, 5.74) is 1.07. The van der Waals surface area contributed by atoms with Crippen LogP contribution in [-0.2, 0) is 9.53 Å². The van der Waals surface area contributed by atoms with Gasteiger partial charge in [0.05, 0.1) is 6.61 Å². The van der Waals surface area contributed by atoms with Gasteiger partial charge in [-0.15, -0.1) is 0 Å². The van der Waals surface area contributed by atoms with Crippen molar-refractivity contribution in [3.05, 3.63) is 29.3 Å². The van der Waals surface area contributed by atoms with E-state index < -0.39 is 0 Å². The van der Waals surface area contributed by atoms with Crippen LogP contribution < -0.4 is 5.32 Å². The molecule has 0 aliphatic carbocycles. The van der Waals surface area contributed by atoms with E-state index in [-0.39, 0.29) is 5.97 Å². The summed E-state index contributed by atoms with van der Waals surface area (Å²) in [6, 6.07) is 7.65. The Hall–Kier alpha value is -1.22. The van der Waals surface area contributed by atoms with Crippen molar-refractivity contribution in [2.75, 3.05) is 18.5 Å². The van der Waals surface area contributed by atoms with Crippen molar-refractivity contribution in [3.8, 4) is 0 Å². The number of benzene rings is 1. The van der Waals surface area contributed by atoms with E-state index in [1.165, 1.54) is 0 Å². The van der Waals surface area contributed by atoms with Crippen LogP contribution in [0.15, 0.2) is 24.3 Å². The molecule has 0 unspecified atom stereocenters. The molecular formula is C14H20ClNO2. The van der Waals surface area contributed by atoms with Crippen molar-refractivity contribution < 1.29 is 9.53 Å². The monoisotopic (exact) mass is 269 g/mol. The minimum atomic E-state index is -0.0943. The van der Waals surface area contributed by atoms with Gasteiger partial charge in [-0.2, -0.15) is 0 Å². The minimum Gasteiger partial charge on any atom is -0.466 e. The number of ether oxygens (including phenoxy) is 1. The summed E-state index contributed by atoms with van der Waals surface area (Å²) in [4.78, 5) is 11.1. The van der Waals surface area contributed by atoms with Gasteiger partial charge in [-0.3, -0.25) is 4.79 Å². The Bertz CT molecular complexity index is 351. The van der Waals surface area contributed by atoms with Gasteiger partial charge in [0.2, 0.25) is 0 Å². The summed E-state index contributed by atoms with van der Waals surface area (Å²) < 4.78 is 4.86. The lowest BCUT2D eigenvalue weighted by atomic mass is 10.2. The first-order valence-corrected chi connectivity index (χ1v) is 6.75. The number of carbonyl (C=O) groups excluding carboxylic acids is 1. The molecule has 0 spiro atoms. The SMILES string of the molecule is CCOC(=O)CCCCCNc1ccc(Cl)cc1. The van der Waals surface area contributed by atoms with E-state index >= 15 is 0 Å². The predicted molar refractivity (Wildman–Crippen MR) is 75.0 cm³/mol. The molecule has 0 aromatic heterocycles. The molecule has 0 saturated carbocycles. The van der Waals surface area contributed by atoms with Gasteiger partial charge in [0.1, 0.15) is 0 Å². The smallest absolute Gasteiger partial charge is 0.305 e. The topological polar surface area (TPSA) is 38.3 Å². The van der Waals surface area contributed by atoms with Crippen LogP contribution in [0.2, 0.25) is 5.02 Å². The van der Waals surface area contributed by atoms with Crippen molar-refractivity contribution in [2.24, 2.45) is 0 Å². The average molecular weight is 270 g/mol. The Kier molecular flexibility index (Phi) is 7.26. The Morgan fingerprint density at radius 2 is 1.94 bits per heavy atom. The van der Waals surface area contributed by atoms with Crippen LogP contribution in [0, 0.1) is 0 Å². The molecule has 1 aromatic carbocycles. The summed E-state index contributed by atoms with van der Waals surface area (Å²) in [5, 5.41) is 4.06. The largest absolute Gasteiger partial charge is 0.466 e. The Morgan fingerprint density at radius 3 is 2.61 bits per heavy atom. The maximum absolute atomic E-state index is 11.1. The third-order valence-electron chi connectivity index (χ3n) is 2.54. The zero-order valence-corrected chi connectivity index (χ0v) is 11.5. The number of unbranched alkanes of at least 4 members (excludes halogenated alkanes) is 2. The van der Waals surface area contributed by atoms with Crippen LogP contribution in [0.4, 0.5) is 5.69 Å². The number of carbonyl (C=O) groups is 1. The van der Waals surface area contributed by atoms with Crippen LogP contribution >= 0.6 is 11.6 Å². The molecule has 0 atom stereocenters. The second kappa shape index (κ2) is 8.81. The summed E-state index contributed by atoms with van der Waals surface area (Å²) >= 11 is 5.80. The fraction of sp³-hybridized carbons (Fsp3) is 0.500. The molecule has 0 radical (unpaired) electrons. The van der Waals surface area contributed by atoms with Crippen LogP contribution in [0.5, 0.6) is 0 Å². The number of esters is 1. The predicted octanol–water partition coefficient (Wildman–Crippen LogP) is 3.88. The molecule has 100 valence electrons. The van der Waals surface area contributed by atoms with Crippen LogP contribution in [0.1, 0.15) is 32.6 Å². The van der Waals surface area contributed by atoms with Gasteiger partial charge in [-0.25, -0.2) is 0 Å². The number of hydrogen-bond donors (Lipinski definition) is 1. The van der Waals surface area contributed by atoms with Crippen LogP contribution in [0.25, 0.3) is 0 Å². The molecule has 1 aromatic rings. The summed E-state index contributed by atoms with van der Waals surface area (Å²) in [6.07, 6.45) is 3.48. The molecule has 0 fully saturated rings. The summed E-state index contributed by atoms with van der Waals surface area (Å²) in [6.45, 7) is 3.20. The van der Waals surface area contributed by atoms with Crippen molar-refractivity contribution in [2.45, 2.75) is 32.6 Å². The molecule has 0 heterocycles. The molecule has 0 amide bonds. The zero-order valence-electron chi connectivity index (χ0n) is 10.7. The van der Waals surface area contributed by atoms with Gasteiger partial charge in [0.25, 0.3) is 0 Å². The summed E-state index contributed by atoms with van der Waals surface area (Å²) in [7, 11) is 0. The van der Waals surface area contributed by atoms with E-state index in [2.05, 4.69) is 5.32 Å². The second-order valence-electron chi connectivity index (χ2n) is 4.05. The average Bonchev–Trinajstić information content (AvgIpc) is 2.36. The molecular weight excluding hydrogens is 250 g/mol. The molecule has 1 rings (SSSR count).